The molecule has 4 nitrogen and oxygen atoms in total. The molecule has 0 aliphatic heterocycles. The summed E-state index contributed by atoms with van der Waals surface area (Å²) < 4.78 is 5.47. The number of rotatable bonds is 3. The Morgan fingerprint density at radius 2 is 2.17 bits per heavy atom. The SMILES string of the molecule is CCc1cccc(Cl)c1Oc1n[nH]c(Cl)cc1=O. The van der Waals surface area contributed by atoms with Gasteiger partial charge in [0.25, 0.3) is 5.88 Å². The number of H-pyrrole nitrogens is 1. The van der Waals surface area contributed by atoms with Gasteiger partial charge in [0.05, 0.1) is 5.02 Å². The van der Waals surface area contributed by atoms with Crippen LogP contribution in [-0.2, 0) is 6.42 Å². The first-order chi connectivity index (χ1) is 8.61. The van der Waals surface area contributed by atoms with Crippen LogP contribution >= 0.6 is 23.2 Å². The lowest BCUT2D eigenvalue weighted by atomic mass is 10.1. The average molecular weight is 285 g/mol. The summed E-state index contributed by atoms with van der Waals surface area (Å²) in [7, 11) is 0. The Bertz CT molecular complexity index is 626. The summed E-state index contributed by atoms with van der Waals surface area (Å²) in [4.78, 5) is 11.6. The molecular weight excluding hydrogens is 275 g/mol. The third-order valence-corrected chi connectivity index (χ3v) is 2.85. The zero-order valence-electron chi connectivity index (χ0n) is 9.54. The van der Waals surface area contributed by atoms with Crippen LogP contribution in [0.5, 0.6) is 11.6 Å². The number of aryl methyl sites for hydroxylation is 1. The van der Waals surface area contributed by atoms with Crippen molar-refractivity contribution in [1.29, 1.82) is 0 Å². The second-order valence-corrected chi connectivity index (χ2v) is 4.38. The number of aromatic amines is 1. The molecule has 0 unspecified atom stereocenters. The van der Waals surface area contributed by atoms with Gasteiger partial charge in [-0.1, -0.05) is 42.3 Å². The number of halogens is 2. The van der Waals surface area contributed by atoms with Crippen molar-refractivity contribution < 1.29 is 4.74 Å². The van der Waals surface area contributed by atoms with E-state index in [4.69, 9.17) is 27.9 Å². The largest absolute Gasteiger partial charge is 0.433 e. The van der Waals surface area contributed by atoms with Crippen molar-refractivity contribution in [1.82, 2.24) is 10.2 Å². The van der Waals surface area contributed by atoms with Gasteiger partial charge in [0.1, 0.15) is 5.15 Å². The molecule has 1 aromatic heterocycles. The maximum Gasteiger partial charge on any atom is 0.285 e. The Hall–Kier alpha value is -1.52. The van der Waals surface area contributed by atoms with E-state index in [9.17, 15) is 4.79 Å². The number of ether oxygens (including phenoxy) is 1. The van der Waals surface area contributed by atoms with Gasteiger partial charge in [-0.2, -0.15) is 0 Å². The van der Waals surface area contributed by atoms with Crippen molar-refractivity contribution in [3.05, 3.63) is 50.2 Å². The molecule has 0 saturated carbocycles. The Kier molecular flexibility index (Phi) is 3.89. The van der Waals surface area contributed by atoms with E-state index in [0.717, 1.165) is 12.0 Å². The molecule has 6 heteroatoms. The fourth-order valence-electron chi connectivity index (χ4n) is 1.48. The molecule has 0 aliphatic rings. The van der Waals surface area contributed by atoms with Crippen LogP contribution in [0.15, 0.2) is 29.1 Å². The van der Waals surface area contributed by atoms with Crippen molar-refractivity contribution in [2.75, 3.05) is 0 Å². The zero-order valence-corrected chi connectivity index (χ0v) is 11.0. The summed E-state index contributed by atoms with van der Waals surface area (Å²) in [6, 6.07) is 6.60. The number of hydrogen-bond donors (Lipinski definition) is 1. The summed E-state index contributed by atoms with van der Waals surface area (Å²) in [6.07, 6.45) is 0.737. The number of para-hydroxylation sites is 1. The molecule has 2 aromatic rings. The van der Waals surface area contributed by atoms with Crippen molar-refractivity contribution in [3.8, 4) is 11.6 Å². The lowest BCUT2D eigenvalue weighted by molar-refractivity contribution is 0.445. The third-order valence-electron chi connectivity index (χ3n) is 2.36. The highest BCUT2D eigenvalue weighted by atomic mass is 35.5. The second-order valence-electron chi connectivity index (χ2n) is 3.57. The van der Waals surface area contributed by atoms with Crippen molar-refractivity contribution in [2.45, 2.75) is 13.3 Å². The molecule has 18 heavy (non-hydrogen) atoms. The molecule has 1 aromatic carbocycles. The fraction of sp³-hybridized carbons (Fsp3) is 0.167. The fourth-order valence-corrected chi connectivity index (χ4v) is 1.86. The Morgan fingerprint density at radius 3 is 2.83 bits per heavy atom. The molecule has 0 radical (unpaired) electrons. The van der Waals surface area contributed by atoms with E-state index >= 15 is 0 Å². The summed E-state index contributed by atoms with van der Waals surface area (Å²) in [5, 5.41) is 6.80. The average Bonchev–Trinajstić information content (AvgIpc) is 2.34. The quantitative estimate of drug-likeness (QED) is 0.939. The number of nitrogens with zero attached hydrogens (tertiary/aromatic N) is 1. The van der Waals surface area contributed by atoms with Gasteiger partial charge in [-0.25, -0.2) is 0 Å². The first-order valence-corrected chi connectivity index (χ1v) is 6.08. The van der Waals surface area contributed by atoms with Crippen LogP contribution in [0.25, 0.3) is 0 Å². The number of aromatic nitrogens is 2. The van der Waals surface area contributed by atoms with Crippen LogP contribution in [-0.4, -0.2) is 10.2 Å². The highest BCUT2D eigenvalue weighted by Gasteiger charge is 2.11. The van der Waals surface area contributed by atoms with E-state index in [1.54, 1.807) is 6.07 Å². The van der Waals surface area contributed by atoms with E-state index in [0.29, 0.717) is 10.8 Å². The highest BCUT2D eigenvalue weighted by Crippen LogP contribution is 2.31. The molecule has 2 rings (SSSR count). The second kappa shape index (κ2) is 5.42. The van der Waals surface area contributed by atoms with Crippen LogP contribution in [0.1, 0.15) is 12.5 Å². The Labute approximate surface area is 114 Å². The van der Waals surface area contributed by atoms with Crippen LogP contribution in [0.4, 0.5) is 0 Å². The van der Waals surface area contributed by atoms with E-state index in [1.807, 2.05) is 19.1 Å². The van der Waals surface area contributed by atoms with Crippen LogP contribution in [0, 0.1) is 0 Å². The van der Waals surface area contributed by atoms with Gasteiger partial charge in [0, 0.05) is 6.07 Å². The molecule has 0 saturated heterocycles. The van der Waals surface area contributed by atoms with Crippen molar-refractivity contribution >= 4 is 23.2 Å². The normalized spacial score (nSPS) is 10.4. The molecule has 0 aliphatic carbocycles. The predicted octanol–water partition coefficient (Wildman–Crippen LogP) is 3.43. The molecule has 94 valence electrons. The van der Waals surface area contributed by atoms with Crippen LogP contribution in [0.2, 0.25) is 10.2 Å². The molecule has 0 fully saturated rings. The van der Waals surface area contributed by atoms with E-state index < -0.39 is 5.43 Å². The van der Waals surface area contributed by atoms with Gasteiger partial charge >= 0.3 is 0 Å². The first kappa shape index (κ1) is 12.9. The highest BCUT2D eigenvalue weighted by molar-refractivity contribution is 6.32. The lowest BCUT2D eigenvalue weighted by Gasteiger charge is -2.10. The maximum absolute atomic E-state index is 11.6. The number of benzene rings is 1. The standard InChI is InChI=1S/C12H10Cl2N2O2/c1-2-7-4-3-5-8(13)11(7)18-12-9(17)6-10(14)15-16-12/h3-6H,2H2,1H3,(H,15,17). The molecule has 0 bridgehead atoms. The Morgan fingerprint density at radius 1 is 1.39 bits per heavy atom. The number of nitrogens with one attached hydrogen (secondary N) is 1. The molecule has 0 atom stereocenters. The van der Waals surface area contributed by atoms with E-state index in [-0.39, 0.29) is 11.0 Å². The van der Waals surface area contributed by atoms with Gasteiger partial charge in [-0.15, -0.1) is 5.10 Å². The summed E-state index contributed by atoms with van der Waals surface area (Å²) in [5.74, 6) is 0.365. The molecular formula is C12H10Cl2N2O2. The smallest absolute Gasteiger partial charge is 0.285 e. The Balaban J connectivity index is 2.43. The van der Waals surface area contributed by atoms with Crippen molar-refractivity contribution in [3.63, 3.8) is 0 Å². The molecule has 1 N–H and O–H groups in total. The minimum Gasteiger partial charge on any atom is -0.433 e. The summed E-state index contributed by atoms with van der Waals surface area (Å²) in [6.45, 7) is 1.97. The van der Waals surface area contributed by atoms with Gasteiger partial charge in [-0.05, 0) is 18.1 Å². The molecule has 0 amide bonds. The lowest BCUT2D eigenvalue weighted by Crippen LogP contribution is -2.08. The van der Waals surface area contributed by atoms with Crippen LogP contribution < -0.4 is 10.2 Å². The van der Waals surface area contributed by atoms with Gasteiger partial charge in [0.2, 0.25) is 5.43 Å². The van der Waals surface area contributed by atoms with Crippen LogP contribution in [0.3, 0.4) is 0 Å². The summed E-state index contributed by atoms with van der Waals surface area (Å²) >= 11 is 11.7. The summed E-state index contributed by atoms with van der Waals surface area (Å²) in [5.41, 5.74) is 0.499. The third kappa shape index (κ3) is 2.66. The zero-order chi connectivity index (χ0) is 13.1. The van der Waals surface area contributed by atoms with Gasteiger partial charge < -0.3 is 4.74 Å². The molecule has 0 spiro atoms. The van der Waals surface area contributed by atoms with E-state index in [2.05, 4.69) is 10.2 Å². The monoisotopic (exact) mass is 284 g/mol. The number of hydrogen-bond acceptors (Lipinski definition) is 3. The minimum absolute atomic E-state index is 0.0813. The molecule has 1 heterocycles. The topological polar surface area (TPSA) is 55.0 Å². The first-order valence-electron chi connectivity index (χ1n) is 5.32. The minimum atomic E-state index is -0.402. The maximum atomic E-state index is 11.6. The van der Waals surface area contributed by atoms with E-state index in [1.165, 1.54) is 6.07 Å². The van der Waals surface area contributed by atoms with Gasteiger partial charge in [-0.3, -0.25) is 9.89 Å². The van der Waals surface area contributed by atoms with Gasteiger partial charge in [0.15, 0.2) is 5.75 Å². The predicted molar refractivity (Wildman–Crippen MR) is 70.8 cm³/mol. The van der Waals surface area contributed by atoms with Crippen molar-refractivity contribution in [2.24, 2.45) is 0 Å².